The van der Waals surface area contributed by atoms with Crippen molar-refractivity contribution in [3.05, 3.63) is 0 Å². The van der Waals surface area contributed by atoms with E-state index in [-0.39, 0.29) is 0 Å². The van der Waals surface area contributed by atoms with Gasteiger partial charge in [0.15, 0.2) is 0 Å². The van der Waals surface area contributed by atoms with E-state index < -0.39 is 0 Å². The minimum absolute atomic E-state index is 0.528. The molecular formula is C7H13NO. The number of nitrogens with two attached hydrogens (primary N) is 1. The van der Waals surface area contributed by atoms with E-state index in [0.29, 0.717) is 18.1 Å². The topological polar surface area (TPSA) is 35.2 Å². The zero-order valence-electron chi connectivity index (χ0n) is 5.55. The minimum Gasteiger partial charge on any atom is -0.375 e. The van der Waals surface area contributed by atoms with Crippen molar-refractivity contribution in [1.82, 2.24) is 0 Å². The summed E-state index contributed by atoms with van der Waals surface area (Å²) in [7, 11) is 0. The Balaban J connectivity index is 2.01. The van der Waals surface area contributed by atoms with Crippen LogP contribution < -0.4 is 5.73 Å². The third-order valence-corrected chi connectivity index (χ3v) is 2.53. The van der Waals surface area contributed by atoms with Crippen molar-refractivity contribution in [3.8, 4) is 0 Å². The summed E-state index contributed by atoms with van der Waals surface area (Å²) in [6.45, 7) is 0.821. The fourth-order valence-corrected chi connectivity index (χ4v) is 1.99. The first-order chi connectivity index (χ1) is 4.40. The molecule has 0 aromatic heterocycles. The van der Waals surface area contributed by atoms with E-state index in [2.05, 4.69) is 0 Å². The summed E-state index contributed by atoms with van der Waals surface area (Å²) in [5.74, 6) is 0.684. The zero-order valence-corrected chi connectivity index (χ0v) is 5.55. The largest absolute Gasteiger partial charge is 0.375 e. The molecule has 2 bridgehead atoms. The monoisotopic (exact) mass is 127 g/mol. The molecule has 2 rings (SSSR count). The maximum atomic E-state index is 5.60. The minimum atomic E-state index is 0.528. The molecule has 2 N–H and O–H groups in total. The fraction of sp³-hybridized carbons (Fsp3) is 1.00. The van der Waals surface area contributed by atoms with Gasteiger partial charge in [-0.3, -0.25) is 0 Å². The smallest absolute Gasteiger partial charge is 0.0621 e. The standard InChI is InChI=1S/C7H13NO/c8-4-5-3-6-1-2-7(5)9-6/h5-7H,1-4,8H2/t5-,6+,7+/m1/s1. The molecule has 0 aromatic carbocycles. The molecule has 3 atom stereocenters. The SMILES string of the molecule is NC[C@H]1C[C@@H]2CC[C@@H]1O2. The molecule has 0 aliphatic carbocycles. The van der Waals surface area contributed by atoms with Crippen molar-refractivity contribution in [2.75, 3.05) is 6.54 Å². The Kier molecular flexibility index (Phi) is 1.24. The van der Waals surface area contributed by atoms with Crippen molar-refractivity contribution in [2.24, 2.45) is 11.7 Å². The van der Waals surface area contributed by atoms with E-state index in [1.54, 1.807) is 0 Å². The highest BCUT2D eigenvalue weighted by molar-refractivity contribution is 4.89. The second-order valence-corrected chi connectivity index (χ2v) is 3.11. The first kappa shape index (κ1) is 5.69. The second-order valence-electron chi connectivity index (χ2n) is 3.11. The molecule has 2 heteroatoms. The summed E-state index contributed by atoms with van der Waals surface area (Å²) in [5.41, 5.74) is 5.54. The lowest BCUT2D eigenvalue weighted by Crippen LogP contribution is -2.24. The van der Waals surface area contributed by atoms with Gasteiger partial charge in [-0.15, -0.1) is 0 Å². The van der Waals surface area contributed by atoms with Gasteiger partial charge in [-0.1, -0.05) is 0 Å². The van der Waals surface area contributed by atoms with E-state index >= 15 is 0 Å². The molecule has 9 heavy (non-hydrogen) atoms. The maximum absolute atomic E-state index is 5.60. The lowest BCUT2D eigenvalue weighted by molar-refractivity contribution is 0.0936. The van der Waals surface area contributed by atoms with Crippen molar-refractivity contribution >= 4 is 0 Å². The lowest BCUT2D eigenvalue weighted by atomic mass is 9.89. The summed E-state index contributed by atoms with van der Waals surface area (Å²) >= 11 is 0. The summed E-state index contributed by atoms with van der Waals surface area (Å²) in [6, 6.07) is 0. The van der Waals surface area contributed by atoms with Crippen LogP contribution in [0.2, 0.25) is 0 Å². The number of hydrogen-bond donors (Lipinski definition) is 1. The average Bonchev–Trinajstić information content (AvgIpc) is 2.45. The number of hydrogen-bond acceptors (Lipinski definition) is 2. The molecule has 2 saturated heterocycles. The average molecular weight is 127 g/mol. The Morgan fingerprint density at radius 1 is 1.44 bits per heavy atom. The highest BCUT2D eigenvalue weighted by Gasteiger charge is 2.39. The third kappa shape index (κ3) is 0.775. The quantitative estimate of drug-likeness (QED) is 0.557. The molecular weight excluding hydrogens is 114 g/mol. The molecule has 52 valence electrons. The van der Waals surface area contributed by atoms with E-state index in [0.717, 1.165) is 6.54 Å². The van der Waals surface area contributed by atoms with E-state index in [1.165, 1.54) is 19.3 Å². The summed E-state index contributed by atoms with van der Waals surface area (Å²) in [4.78, 5) is 0. The van der Waals surface area contributed by atoms with Gasteiger partial charge >= 0.3 is 0 Å². The van der Waals surface area contributed by atoms with Crippen LogP contribution in [0.3, 0.4) is 0 Å². The van der Waals surface area contributed by atoms with Crippen LogP contribution in [0.25, 0.3) is 0 Å². The van der Waals surface area contributed by atoms with Crippen LogP contribution in [-0.4, -0.2) is 18.8 Å². The Labute approximate surface area is 55.4 Å². The van der Waals surface area contributed by atoms with Gasteiger partial charge in [-0.05, 0) is 31.7 Å². The number of ether oxygens (including phenoxy) is 1. The molecule has 0 aromatic rings. The molecule has 2 aliphatic rings. The third-order valence-electron chi connectivity index (χ3n) is 2.53. The Hall–Kier alpha value is -0.0800. The molecule has 2 fully saturated rings. The molecule has 0 saturated carbocycles. The van der Waals surface area contributed by atoms with E-state index in [9.17, 15) is 0 Å². The van der Waals surface area contributed by atoms with Gasteiger partial charge in [0, 0.05) is 0 Å². The van der Waals surface area contributed by atoms with Crippen molar-refractivity contribution in [2.45, 2.75) is 31.5 Å². The highest BCUT2D eigenvalue weighted by atomic mass is 16.5. The molecule has 2 nitrogen and oxygen atoms in total. The number of rotatable bonds is 1. The van der Waals surface area contributed by atoms with Crippen LogP contribution >= 0.6 is 0 Å². The van der Waals surface area contributed by atoms with E-state index in [4.69, 9.17) is 10.5 Å². The van der Waals surface area contributed by atoms with Crippen LogP contribution in [0.15, 0.2) is 0 Å². The normalized spacial score (nSPS) is 48.3. The highest BCUT2D eigenvalue weighted by Crippen LogP contribution is 2.37. The van der Waals surface area contributed by atoms with Gasteiger partial charge in [-0.25, -0.2) is 0 Å². The molecule has 0 spiro atoms. The molecule has 2 aliphatic heterocycles. The van der Waals surface area contributed by atoms with Crippen LogP contribution in [-0.2, 0) is 4.74 Å². The molecule has 2 heterocycles. The predicted molar refractivity (Wildman–Crippen MR) is 35.1 cm³/mol. The summed E-state index contributed by atoms with van der Waals surface area (Å²) in [5, 5.41) is 0. The number of fused-ring (bicyclic) bond motifs is 2. The van der Waals surface area contributed by atoms with Gasteiger partial charge in [0.25, 0.3) is 0 Å². The zero-order chi connectivity index (χ0) is 6.27. The van der Waals surface area contributed by atoms with Crippen LogP contribution in [0.5, 0.6) is 0 Å². The van der Waals surface area contributed by atoms with Crippen molar-refractivity contribution in [1.29, 1.82) is 0 Å². The van der Waals surface area contributed by atoms with Gasteiger partial charge in [-0.2, -0.15) is 0 Å². The molecule has 0 unspecified atom stereocenters. The van der Waals surface area contributed by atoms with Crippen molar-refractivity contribution in [3.63, 3.8) is 0 Å². The fourth-order valence-electron chi connectivity index (χ4n) is 1.99. The predicted octanol–water partition coefficient (Wildman–Crippen LogP) is 0.513. The Bertz CT molecular complexity index is 115. The first-order valence-electron chi connectivity index (χ1n) is 3.75. The summed E-state index contributed by atoms with van der Waals surface area (Å²) in [6.07, 6.45) is 4.86. The van der Waals surface area contributed by atoms with Crippen molar-refractivity contribution < 1.29 is 4.74 Å². The van der Waals surface area contributed by atoms with Crippen LogP contribution in [0.1, 0.15) is 19.3 Å². The first-order valence-corrected chi connectivity index (χ1v) is 3.75. The Morgan fingerprint density at radius 3 is 2.67 bits per heavy atom. The maximum Gasteiger partial charge on any atom is 0.0621 e. The lowest BCUT2D eigenvalue weighted by Gasteiger charge is -2.14. The van der Waals surface area contributed by atoms with Gasteiger partial charge in [0.2, 0.25) is 0 Å². The van der Waals surface area contributed by atoms with Crippen LogP contribution in [0, 0.1) is 5.92 Å². The summed E-state index contributed by atoms with van der Waals surface area (Å²) < 4.78 is 5.60. The Morgan fingerprint density at radius 2 is 2.33 bits per heavy atom. The van der Waals surface area contributed by atoms with Crippen LogP contribution in [0.4, 0.5) is 0 Å². The molecule has 0 amide bonds. The van der Waals surface area contributed by atoms with Gasteiger partial charge < -0.3 is 10.5 Å². The molecule has 0 radical (unpaired) electrons. The van der Waals surface area contributed by atoms with Gasteiger partial charge in [0.1, 0.15) is 0 Å². The van der Waals surface area contributed by atoms with Gasteiger partial charge in [0.05, 0.1) is 12.2 Å². The second kappa shape index (κ2) is 1.96. The van der Waals surface area contributed by atoms with E-state index in [1.807, 2.05) is 0 Å².